The van der Waals surface area contributed by atoms with E-state index >= 15 is 0 Å². The van der Waals surface area contributed by atoms with Gasteiger partial charge in [-0.05, 0) is 39.0 Å². The number of carbonyl (C=O) groups is 1. The zero-order chi connectivity index (χ0) is 15.9. The van der Waals surface area contributed by atoms with Gasteiger partial charge in [0.25, 0.3) is 0 Å². The van der Waals surface area contributed by atoms with Crippen molar-refractivity contribution >= 4 is 6.09 Å². The Morgan fingerprint density at radius 2 is 1.71 bits per heavy atom. The molecule has 0 aromatic carbocycles. The molecule has 122 valence electrons. The fraction of sp³-hybridized carbons (Fsp3) is 0.938. The van der Waals surface area contributed by atoms with Crippen molar-refractivity contribution < 1.29 is 9.53 Å². The van der Waals surface area contributed by atoms with Crippen LogP contribution < -0.4 is 5.73 Å². The average Bonchev–Trinajstić information content (AvgIpc) is 2.85. The Kier molecular flexibility index (Phi) is 4.28. The lowest BCUT2D eigenvalue weighted by Gasteiger charge is -2.36. The van der Waals surface area contributed by atoms with Gasteiger partial charge in [0.1, 0.15) is 5.60 Å². The van der Waals surface area contributed by atoms with Crippen LogP contribution >= 0.6 is 0 Å². The largest absolute Gasteiger partial charge is 0.444 e. The normalized spacial score (nSPS) is 29.3. The lowest BCUT2D eigenvalue weighted by atomic mass is 10.0. The molecule has 0 aromatic rings. The molecule has 0 radical (unpaired) electrons. The van der Waals surface area contributed by atoms with Crippen LogP contribution in [0.2, 0.25) is 0 Å². The van der Waals surface area contributed by atoms with Crippen LogP contribution in [-0.2, 0) is 4.74 Å². The monoisotopic (exact) mass is 297 g/mol. The molecule has 2 N–H and O–H groups in total. The highest BCUT2D eigenvalue weighted by atomic mass is 16.6. The molecule has 1 aliphatic heterocycles. The van der Waals surface area contributed by atoms with Gasteiger partial charge in [-0.2, -0.15) is 0 Å². The lowest BCUT2D eigenvalue weighted by Crippen LogP contribution is -2.50. The molecule has 1 atom stereocenters. The van der Waals surface area contributed by atoms with Gasteiger partial charge in [0, 0.05) is 38.3 Å². The third-order valence-corrected chi connectivity index (χ3v) is 4.88. The van der Waals surface area contributed by atoms with Crippen molar-refractivity contribution in [2.24, 2.45) is 11.1 Å². The van der Waals surface area contributed by atoms with E-state index < -0.39 is 5.60 Å². The minimum Gasteiger partial charge on any atom is -0.444 e. The summed E-state index contributed by atoms with van der Waals surface area (Å²) < 4.78 is 5.41. The molecule has 1 unspecified atom stereocenters. The first-order valence-corrected chi connectivity index (χ1v) is 8.02. The average molecular weight is 297 g/mol. The second kappa shape index (κ2) is 5.43. The Hall–Kier alpha value is -0.810. The van der Waals surface area contributed by atoms with Crippen molar-refractivity contribution in [3.63, 3.8) is 0 Å². The van der Waals surface area contributed by atoms with Gasteiger partial charge in [0.2, 0.25) is 0 Å². The van der Waals surface area contributed by atoms with Crippen molar-refractivity contribution in [1.29, 1.82) is 0 Å². The summed E-state index contributed by atoms with van der Waals surface area (Å²) in [6.45, 7) is 14.5. The number of carbonyl (C=O) groups excluding carboxylic acids is 1. The molecule has 2 fully saturated rings. The highest BCUT2D eigenvalue weighted by Gasteiger charge is 2.57. The molecule has 0 aromatic heterocycles. The lowest BCUT2D eigenvalue weighted by molar-refractivity contribution is 0.0142. The molecule has 1 amide bonds. The van der Waals surface area contributed by atoms with Crippen LogP contribution in [0.5, 0.6) is 0 Å². The maximum absolute atomic E-state index is 12.0. The smallest absolute Gasteiger partial charge is 0.410 e. The molecular weight excluding hydrogens is 266 g/mol. The molecule has 5 nitrogen and oxygen atoms in total. The van der Waals surface area contributed by atoms with Gasteiger partial charge in [-0.3, -0.25) is 4.90 Å². The van der Waals surface area contributed by atoms with Gasteiger partial charge < -0.3 is 15.4 Å². The SMILES string of the molecule is CC(C)(C)OC(=O)N1CCN(CCC2(N)CC2(C)C)CC1. The number of nitrogens with zero attached hydrogens (tertiary/aromatic N) is 2. The first-order chi connectivity index (χ1) is 9.52. The van der Waals surface area contributed by atoms with Crippen LogP contribution in [-0.4, -0.2) is 59.8 Å². The summed E-state index contributed by atoms with van der Waals surface area (Å²) in [7, 11) is 0. The quantitative estimate of drug-likeness (QED) is 0.866. The maximum Gasteiger partial charge on any atom is 0.410 e. The summed E-state index contributed by atoms with van der Waals surface area (Å²) in [4.78, 5) is 16.2. The van der Waals surface area contributed by atoms with E-state index in [1.165, 1.54) is 0 Å². The Morgan fingerprint density at radius 3 is 2.14 bits per heavy atom. The van der Waals surface area contributed by atoms with E-state index in [0.717, 1.165) is 45.6 Å². The van der Waals surface area contributed by atoms with Gasteiger partial charge in [-0.15, -0.1) is 0 Å². The molecule has 1 aliphatic carbocycles. The van der Waals surface area contributed by atoms with Gasteiger partial charge in [-0.25, -0.2) is 4.79 Å². The summed E-state index contributed by atoms with van der Waals surface area (Å²) in [5.41, 5.74) is 6.28. The molecule has 21 heavy (non-hydrogen) atoms. The number of rotatable bonds is 3. The number of hydrogen-bond donors (Lipinski definition) is 1. The fourth-order valence-corrected chi connectivity index (χ4v) is 3.01. The first-order valence-electron chi connectivity index (χ1n) is 8.02. The topological polar surface area (TPSA) is 58.8 Å². The molecule has 2 rings (SSSR count). The van der Waals surface area contributed by atoms with E-state index in [-0.39, 0.29) is 11.6 Å². The van der Waals surface area contributed by atoms with Crippen LogP contribution in [0.1, 0.15) is 47.5 Å². The highest BCUT2D eigenvalue weighted by Crippen LogP contribution is 2.55. The van der Waals surface area contributed by atoms with Gasteiger partial charge in [-0.1, -0.05) is 13.8 Å². The fourth-order valence-electron chi connectivity index (χ4n) is 3.01. The zero-order valence-electron chi connectivity index (χ0n) is 14.2. The Labute approximate surface area is 128 Å². The highest BCUT2D eigenvalue weighted by molar-refractivity contribution is 5.68. The van der Waals surface area contributed by atoms with Crippen LogP contribution in [0.15, 0.2) is 0 Å². The van der Waals surface area contributed by atoms with Gasteiger partial charge in [0.05, 0.1) is 0 Å². The van der Waals surface area contributed by atoms with E-state index in [2.05, 4.69) is 18.7 Å². The second-order valence-electron chi connectivity index (χ2n) is 8.28. The number of piperazine rings is 1. The zero-order valence-corrected chi connectivity index (χ0v) is 14.2. The summed E-state index contributed by atoms with van der Waals surface area (Å²) >= 11 is 0. The van der Waals surface area contributed by atoms with Crippen LogP contribution in [0.25, 0.3) is 0 Å². The second-order valence-corrected chi connectivity index (χ2v) is 8.28. The molecule has 5 heteroatoms. The van der Waals surface area contributed by atoms with Crippen LogP contribution in [0, 0.1) is 5.41 Å². The Morgan fingerprint density at radius 1 is 1.19 bits per heavy atom. The third kappa shape index (κ3) is 4.10. The number of ether oxygens (including phenoxy) is 1. The van der Waals surface area contributed by atoms with E-state index in [0.29, 0.717) is 5.41 Å². The first kappa shape index (κ1) is 16.6. The summed E-state index contributed by atoms with van der Waals surface area (Å²) in [6.07, 6.45) is 1.98. The van der Waals surface area contributed by atoms with Crippen LogP contribution in [0.3, 0.4) is 0 Å². The minimum atomic E-state index is -0.419. The van der Waals surface area contributed by atoms with Gasteiger partial charge in [0.15, 0.2) is 0 Å². The van der Waals surface area contributed by atoms with Crippen molar-refractivity contribution in [2.45, 2.75) is 58.6 Å². The van der Waals surface area contributed by atoms with E-state index in [4.69, 9.17) is 10.5 Å². The predicted octanol–water partition coefficient (Wildman–Crippen LogP) is 2.06. The summed E-state index contributed by atoms with van der Waals surface area (Å²) in [5, 5.41) is 0. The minimum absolute atomic E-state index is 0.0231. The number of hydrogen-bond acceptors (Lipinski definition) is 4. The van der Waals surface area contributed by atoms with E-state index in [9.17, 15) is 4.79 Å². The van der Waals surface area contributed by atoms with Gasteiger partial charge >= 0.3 is 6.09 Å². The number of amides is 1. The molecule has 1 heterocycles. The Balaban J connectivity index is 1.70. The molecule has 0 spiro atoms. The summed E-state index contributed by atoms with van der Waals surface area (Å²) in [6, 6.07) is 0. The third-order valence-electron chi connectivity index (χ3n) is 4.88. The molecule has 1 saturated carbocycles. The molecule has 1 saturated heterocycles. The molecule has 2 aliphatic rings. The van der Waals surface area contributed by atoms with E-state index in [1.807, 2.05) is 20.8 Å². The van der Waals surface area contributed by atoms with Crippen molar-refractivity contribution in [2.75, 3.05) is 32.7 Å². The van der Waals surface area contributed by atoms with Crippen molar-refractivity contribution in [1.82, 2.24) is 9.80 Å². The van der Waals surface area contributed by atoms with Crippen molar-refractivity contribution in [3.8, 4) is 0 Å². The predicted molar refractivity (Wildman–Crippen MR) is 84.2 cm³/mol. The molecule has 0 bridgehead atoms. The standard InChI is InChI=1S/C16H31N3O2/c1-14(2,3)21-13(20)19-10-8-18(9-11-19)7-6-16(17)12-15(16,4)5/h6-12,17H2,1-5H3. The molecular formula is C16H31N3O2. The Bertz CT molecular complexity index is 395. The van der Waals surface area contributed by atoms with Crippen molar-refractivity contribution in [3.05, 3.63) is 0 Å². The summed E-state index contributed by atoms with van der Waals surface area (Å²) in [5.74, 6) is 0. The van der Waals surface area contributed by atoms with Crippen LogP contribution in [0.4, 0.5) is 4.79 Å². The maximum atomic E-state index is 12.0. The van der Waals surface area contributed by atoms with E-state index in [1.54, 1.807) is 4.90 Å². The number of nitrogens with two attached hydrogens (primary N) is 1.